The van der Waals surface area contributed by atoms with Crippen molar-refractivity contribution < 1.29 is 10.2 Å². The molecule has 0 spiro atoms. The molecule has 1 aliphatic heterocycles. The molecule has 0 amide bonds. The van der Waals surface area contributed by atoms with Crippen LogP contribution in [-0.4, -0.2) is 42.6 Å². The van der Waals surface area contributed by atoms with Crippen molar-refractivity contribution in [3.8, 4) is 0 Å². The molecule has 0 saturated heterocycles. The molecule has 3 N–H and O–H groups in total. The lowest BCUT2D eigenvalue weighted by atomic mass is 10.2. The molecule has 5 heteroatoms. The SMILES string of the molecule is OC[C@@H](O)CNCCCN1c2ccccc2Sc2ccccc21. The van der Waals surface area contributed by atoms with Crippen molar-refractivity contribution in [3.63, 3.8) is 0 Å². The number of rotatable bonds is 7. The first kappa shape index (κ1) is 16.3. The second-order valence-electron chi connectivity index (χ2n) is 5.58. The van der Waals surface area contributed by atoms with Gasteiger partial charge in [0.25, 0.3) is 0 Å². The Morgan fingerprint density at radius 2 is 1.61 bits per heavy atom. The number of fused-ring (bicyclic) bond motifs is 2. The van der Waals surface area contributed by atoms with Crippen molar-refractivity contribution in [1.29, 1.82) is 0 Å². The molecule has 4 nitrogen and oxygen atoms in total. The van der Waals surface area contributed by atoms with E-state index in [2.05, 4.69) is 58.7 Å². The zero-order chi connectivity index (χ0) is 16.1. The van der Waals surface area contributed by atoms with Crippen LogP contribution in [0.1, 0.15) is 6.42 Å². The lowest BCUT2D eigenvalue weighted by Gasteiger charge is -2.32. The minimum Gasteiger partial charge on any atom is -0.394 e. The molecule has 0 radical (unpaired) electrons. The van der Waals surface area contributed by atoms with Gasteiger partial charge in [0.05, 0.1) is 24.1 Å². The zero-order valence-corrected chi connectivity index (χ0v) is 13.8. The number of nitrogens with one attached hydrogen (secondary N) is 1. The molecule has 23 heavy (non-hydrogen) atoms. The van der Waals surface area contributed by atoms with Gasteiger partial charge in [0, 0.05) is 22.9 Å². The lowest BCUT2D eigenvalue weighted by molar-refractivity contribution is 0.0946. The molecule has 0 bridgehead atoms. The van der Waals surface area contributed by atoms with E-state index in [0.717, 1.165) is 19.5 Å². The minimum atomic E-state index is -0.678. The van der Waals surface area contributed by atoms with Crippen LogP contribution >= 0.6 is 11.8 Å². The highest BCUT2D eigenvalue weighted by Crippen LogP contribution is 2.47. The summed E-state index contributed by atoms with van der Waals surface area (Å²) in [6.07, 6.45) is 0.286. The summed E-state index contributed by atoms with van der Waals surface area (Å²) in [4.78, 5) is 4.94. The van der Waals surface area contributed by atoms with E-state index < -0.39 is 6.10 Å². The van der Waals surface area contributed by atoms with E-state index in [-0.39, 0.29) is 6.61 Å². The van der Waals surface area contributed by atoms with Crippen LogP contribution in [0.25, 0.3) is 0 Å². The Morgan fingerprint density at radius 1 is 1.00 bits per heavy atom. The summed E-state index contributed by atoms with van der Waals surface area (Å²) in [5.41, 5.74) is 2.51. The number of hydrogen-bond donors (Lipinski definition) is 3. The first-order valence-corrected chi connectivity index (χ1v) is 8.74. The summed E-state index contributed by atoms with van der Waals surface area (Å²) in [6.45, 7) is 1.96. The average molecular weight is 330 g/mol. The maximum absolute atomic E-state index is 9.34. The Labute approximate surface area is 141 Å². The fourth-order valence-electron chi connectivity index (χ4n) is 2.72. The fraction of sp³-hybridized carbons (Fsp3) is 0.333. The summed E-state index contributed by atoms with van der Waals surface area (Å²) >= 11 is 1.82. The van der Waals surface area contributed by atoms with Crippen LogP contribution in [0.4, 0.5) is 11.4 Å². The van der Waals surface area contributed by atoms with Gasteiger partial charge >= 0.3 is 0 Å². The maximum Gasteiger partial charge on any atom is 0.0894 e. The van der Waals surface area contributed by atoms with Gasteiger partial charge in [-0.2, -0.15) is 0 Å². The minimum absolute atomic E-state index is 0.197. The quantitative estimate of drug-likeness (QED) is 0.682. The van der Waals surface area contributed by atoms with Crippen molar-refractivity contribution in [3.05, 3.63) is 48.5 Å². The fourth-order valence-corrected chi connectivity index (χ4v) is 3.81. The summed E-state index contributed by atoms with van der Waals surface area (Å²) < 4.78 is 0. The molecule has 1 atom stereocenters. The normalized spacial score (nSPS) is 14.3. The summed E-state index contributed by atoms with van der Waals surface area (Å²) in [5, 5.41) is 21.3. The molecule has 0 aliphatic carbocycles. The smallest absolute Gasteiger partial charge is 0.0894 e. The second-order valence-corrected chi connectivity index (χ2v) is 6.67. The number of aliphatic hydroxyl groups excluding tert-OH is 2. The van der Waals surface area contributed by atoms with Gasteiger partial charge < -0.3 is 20.4 Å². The topological polar surface area (TPSA) is 55.7 Å². The highest BCUT2D eigenvalue weighted by atomic mass is 32.2. The number of benzene rings is 2. The molecule has 122 valence electrons. The van der Waals surface area contributed by atoms with Crippen LogP contribution < -0.4 is 10.2 Å². The van der Waals surface area contributed by atoms with Crippen molar-refractivity contribution in [2.75, 3.05) is 31.1 Å². The van der Waals surface area contributed by atoms with E-state index in [1.54, 1.807) is 0 Å². The summed E-state index contributed by atoms with van der Waals surface area (Å²) in [6, 6.07) is 17.0. The maximum atomic E-state index is 9.34. The van der Waals surface area contributed by atoms with E-state index in [1.165, 1.54) is 21.2 Å². The van der Waals surface area contributed by atoms with E-state index >= 15 is 0 Å². The molecule has 3 rings (SSSR count). The Morgan fingerprint density at radius 3 is 2.22 bits per heavy atom. The Bertz CT molecular complexity index is 605. The first-order chi connectivity index (χ1) is 11.3. The number of aliphatic hydroxyl groups is 2. The molecule has 0 saturated carbocycles. The molecule has 2 aromatic carbocycles. The Hall–Kier alpha value is -1.53. The highest BCUT2D eigenvalue weighted by Gasteiger charge is 2.22. The third kappa shape index (κ3) is 3.87. The van der Waals surface area contributed by atoms with Crippen LogP contribution in [0.5, 0.6) is 0 Å². The van der Waals surface area contributed by atoms with Crippen LogP contribution in [0.2, 0.25) is 0 Å². The monoisotopic (exact) mass is 330 g/mol. The van der Waals surface area contributed by atoms with Gasteiger partial charge in [-0.25, -0.2) is 0 Å². The molecule has 0 fully saturated rings. The molecular weight excluding hydrogens is 308 g/mol. The predicted octanol–water partition coefficient (Wildman–Crippen LogP) is 2.62. The van der Waals surface area contributed by atoms with E-state index in [1.807, 2.05) is 11.8 Å². The zero-order valence-electron chi connectivity index (χ0n) is 13.0. The standard InChI is InChI=1S/C18H22N2O2S/c21-13-14(22)12-19-10-5-11-20-15-6-1-3-8-17(15)23-18-9-4-2-7-16(18)20/h1-4,6-9,14,19,21-22H,5,10-13H2/t14-/m0/s1. The Kier molecular flexibility index (Phi) is 5.56. The van der Waals surface area contributed by atoms with Crippen molar-refractivity contribution in [2.45, 2.75) is 22.3 Å². The van der Waals surface area contributed by atoms with Gasteiger partial charge in [-0.05, 0) is 37.2 Å². The van der Waals surface area contributed by atoms with Crippen LogP contribution in [-0.2, 0) is 0 Å². The van der Waals surface area contributed by atoms with Crippen molar-refractivity contribution >= 4 is 23.1 Å². The number of nitrogens with zero attached hydrogens (tertiary/aromatic N) is 1. The van der Waals surface area contributed by atoms with E-state index in [4.69, 9.17) is 5.11 Å². The number of anilines is 2. The van der Waals surface area contributed by atoms with Gasteiger partial charge in [0.1, 0.15) is 0 Å². The van der Waals surface area contributed by atoms with Crippen molar-refractivity contribution in [2.24, 2.45) is 0 Å². The molecule has 1 aliphatic rings. The molecule has 0 unspecified atom stereocenters. The van der Waals surface area contributed by atoms with Crippen molar-refractivity contribution in [1.82, 2.24) is 5.32 Å². The number of hydrogen-bond acceptors (Lipinski definition) is 5. The highest BCUT2D eigenvalue weighted by molar-refractivity contribution is 7.99. The van der Waals surface area contributed by atoms with E-state index in [9.17, 15) is 5.11 Å². The first-order valence-electron chi connectivity index (χ1n) is 7.92. The van der Waals surface area contributed by atoms with Crippen LogP contribution in [0.15, 0.2) is 58.3 Å². The third-order valence-electron chi connectivity index (χ3n) is 3.86. The van der Waals surface area contributed by atoms with Gasteiger partial charge in [-0.15, -0.1) is 0 Å². The van der Waals surface area contributed by atoms with Crippen LogP contribution in [0, 0.1) is 0 Å². The summed E-state index contributed by atoms with van der Waals surface area (Å²) in [7, 11) is 0. The third-order valence-corrected chi connectivity index (χ3v) is 4.99. The molecule has 1 heterocycles. The summed E-state index contributed by atoms with van der Waals surface area (Å²) in [5.74, 6) is 0. The molecule has 2 aromatic rings. The van der Waals surface area contributed by atoms with Gasteiger partial charge in [0.15, 0.2) is 0 Å². The largest absolute Gasteiger partial charge is 0.394 e. The lowest BCUT2D eigenvalue weighted by Crippen LogP contribution is -2.31. The van der Waals surface area contributed by atoms with Gasteiger partial charge in [-0.3, -0.25) is 0 Å². The average Bonchev–Trinajstić information content (AvgIpc) is 2.60. The Balaban J connectivity index is 1.67. The number of para-hydroxylation sites is 2. The second kappa shape index (κ2) is 7.84. The predicted molar refractivity (Wildman–Crippen MR) is 94.6 cm³/mol. The molecule has 0 aromatic heterocycles. The van der Waals surface area contributed by atoms with E-state index in [0.29, 0.717) is 6.54 Å². The van der Waals surface area contributed by atoms with Gasteiger partial charge in [-0.1, -0.05) is 36.0 Å². The van der Waals surface area contributed by atoms with Gasteiger partial charge in [0.2, 0.25) is 0 Å². The molecular formula is C18H22N2O2S. The van der Waals surface area contributed by atoms with Crippen LogP contribution in [0.3, 0.4) is 0 Å².